The van der Waals surface area contributed by atoms with Gasteiger partial charge in [-0.1, -0.05) is 6.07 Å². The lowest BCUT2D eigenvalue weighted by atomic mass is 10.1. The molecule has 1 aromatic carbocycles. The van der Waals surface area contributed by atoms with Crippen LogP contribution in [-0.2, 0) is 0 Å². The van der Waals surface area contributed by atoms with E-state index in [1.54, 1.807) is 6.07 Å². The normalized spacial score (nSPS) is 13.0. The van der Waals surface area contributed by atoms with Gasteiger partial charge in [-0.05, 0) is 65.0 Å². The molecule has 0 aromatic heterocycles. The predicted octanol–water partition coefficient (Wildman–Crippen LogP) is 3.22. The Balaban J connectivity index is 2.39. The van der Waals surface area contributed by atoms with Crippen LogP contribution in [0, 0.1) is 5.82 Å². The number of rotatable bonds is 8. The highest BCUT2D eigenvalue weighted by Gasteiger charge is 2.09. The van der Waals surface area contributed by atoms with E-state index < -0.39 is 0 Å². The third-order valence-electron chi connectivity index (χ3n) is 3.70. The molecular weight excluding hydrogens is 255 g/mol. The van der Waals surface area contributed by atoms with Gasteiger partial charge >= 0.3 is 0 Å². The van der Waals surface area contributed by atoms with Crippen molar-refractivity contribution in [2.24, 2.45) is 0 Å². The number of halogens is 1. The summed E-state index contributed by atoms with van der Waals surface area (Å²) in [6, 6.07) is 5.83. The molecule has 1 N–H and O–H groups in total. The van der Waals surface area contributed by atoms with Crippen LogP contribution >= 0.6 is 0 Å². The Morgan fingerprint density at radius 3 is 2.55 bits per heavy atom. The largest absolute Gasteiger partial charge is 0.494 e. The number of hydrogen-bond acceptors (Lipinski definition) is 3. The molecule has 0 saturated heterocycles. The van der Waals surface area contributed by atoms with E-state index in [0.717, 1.165) is 25.1 Å². The summed E-state index contributed by atoms with van der Waals surface area (Å²) in [5, 5.41) is 3.42. The fourth-order valence-corrected chi connectivity index (χ4v) is 1.98. The number of benzene rings is 1. The fraction of sp³-hybridized carbons (Fsp3) is 0.625. The summed E-state index contributed by atoms with van der Waals surface area (Å²) in [6.07, 6.45) is 1.08. The first kappa shape index (κ1) is 16.9. The maximum Gasteiger partial charge on any atom is 0.165 e. The van der Waals surface area contributed by atoms with Crippen molar-refractivity contribution in [3.8, 4) is 5.75 Å². The van der Waals surface area contributed by atoms with E-state index in [9.17, 15) is 4.39 Å². The third kappa shape index (κ3) is 5.10. The van der Waals surface area contributed by atoms with Gasteiger partial charge in [-0.3, -0.25) is 0 Å². The molecule has 4 heteroatoms. The Morgan fingerprint density at radius 2 is 2.00 bits per heavy atom. The Bertz CT molecular complexity index is 409. The van der Waals surface area contributed by atoms with Gasteiger partial charge in [0.1, 0.15) is 0 Å². The number of methoxy groups -OCH3 is 1. The van der Waals surface area contributed by atoms with Crippen molar-refractivity contribution >= 4 is 0 Å². The summed E-state index contributed by atoms with van der Waals surface area (Å²) in [6.45, 7) is 8.42. The van der Waals surface area contributed by atoms with Gasteiger partial charge in [0.2, 0.25) is 0 Å². The van der Waals surface area contributed by atoms with Crippen LogP contribution in [0.2, 0.25) is 0 Å². The number of ether oxygens (including phenoxy) is 1. The molecule has 114 valence electrons. The van der Waals surface area contributed by atoms with Crippen LogP contribution in [0.15, 0.2) is 18.2 Å². The number of hydrogen-bond donors (Lipinski definition) is 1. The van der Waals surface area contributed by atoms with Gasteiger partial charge in [0, 0.05) is 12.1 Å². The summed E-state index contributed by atoms with van der Waals surface area (Å²) in [5.41, 5.74) is 0.945. The summed E-state index contributed by atoms with van der Waals surface area (Å²) in [4.78, 5) is 2.32. The van der Waals surface area contributed by atoms with Crippen LogP contribution in [0.1, 0.15) is 38.8 Å². The van der Waals surface area contributed by atoms with Gasteiger partial charge in [-0.15, -0.1) is 0 Å². The second-order valence-corrected chi connectivity index (χ2v) is 5.50. The van der Waals surface area contributed by atoms with Crippen molar-refractivity contribution in [2.75, 3.05) is 27.2 Å². The van der Waals surface area contributed by atoms with Crippen LogP contribution in [-0.4, -0.2) is 38.2 Å². The molecule has 1 unspecified atom stereocenters. The zero-order valence-corrected chi connectivity index (χ0v) is 13.2. The van der Waals surface area contributed by atoms with Gasteiger partial charge in [0.05, 0.1) is 7.11 Å². The Kier molecular flexibility index (Phi) is 6.96. The number of nitrogens with zero attached hydrogens (tertiary/aromatic N) is 1. The second kappa shape index (κ2) is 8.22. The van der Waals surface area contributed by atoms with Crippen molar-refractivity contribution < 1.29 is 9.13 Å². The average molecular weight is 282 g/mol. The minimum atomic E-state index is -0.307. The van der Waals surface area contributed by atoms with Crippen LogP contribution in [0.25, 0.3) is 0 Å². The van der Waals surface area contributed by atoms with Crippen molar-refractivity contribution in [3.63, 3.8) is 0 Å². The van der Waals surface area contributed by atoms with Gasteiger partial charge in [-0.2, -0.15) is 0 Å². The molecule has 0 saturated carbocycles. The maximum atomic E-state index is 13.6. The van der Waals surface area contributed by atoms with Gasteiger partial charge < -0.3 is 15.0 Å². The summed E-state index contributed by atoms with van der Waals surface area (Å²) in [5.74, 6) is -0.0160. The summed E-state index contributed by atoms with van der Waals surface area (Å²) < 4.78 is 18.6. The predicted molar refractivity (Wildman–Crippen MR) is 81.8 cm³/mol. The van der Waals surface area contributed by atoms with E-state index in [1.807, 2.05) is 13.0 Å². The first-order valence-electron chi connectivity index (χ1n) is 7.22. The lowest BCUT2D eigenvalue weighted by molar-refractivity contribution is 0.268. The molecule has 0 bridgehead atoms. The zero-order valence-electron chi connectivity index (χ0n) is 13.2. The first-order valence-corrected chi connectivity index (χ1v) is 7.22. The molecule has 0 aliphatic rings. The highest BCUT2D eigenvalue weighted by molar-refractivity contribution is 5.30. The Hall–Kier alpha value is -1.13. The molecular formula is C16H27FN2O. The molecule has 0 amide bonds. The summed E-state index contributed by atoms with van der Waals surface area (Å²) >= 11 is 0. The van der Waals surface area contributed by atoms with Gasteiger partial charge in [0.15, 0.2) is 11.6 Å². The van der Waals surface area contributed by atoms with Crippen molar-refractivity contribution in [3.05, 3.63) is 29.6 Å². The molecule has 1 rings (SSSR count). The second-order valence-electron chi connectivity index (χ2n) is 5.50. The fourth-order valence-electron chi connectivity index (χ4n) is 1.98. The zero-order chi connectivity index (χ0) is 15.1. The topological polar surface area (TPSA) is 24.5 Å². The minimum absolute atomic E-state index is 0.139. The number of nitrogens with one attached hydrogen (secondary N) is 1. The Morgan fingerprint density at radius 1 is 1.30 bits per heavy atom. The minimum Gasteiger partial charge on any atom is -0.494 e. The molecule has 0 fully saturated rings. The van der Waals surface area contributed by atoms with Crippen LogP contribution < -0.4 is 10.1 Å². The molecule has 0 heterocycles. The van der Waals surface area contributed by atoms with Crippen LogP contribution in [0.4, 0.5) is 4.39 Å². The van der Waals surface area contributed by atoms with Gasteiger partial charge in [0.25, 0.3) is 0 Å². The molecule has 0 aliphatic carbocycles. The average Bonchev–Trinajstić information content (AvgIpc) is 2.42. The monoisotopic (exact) mass is 282 g/mol. The van der Waals surface area contributed by atoms with E-state index >= 15 is 0 Å². The molecule has 1 aromatic rings. The van der Waals surface area contributed by atoms with Crippen molar-refractivity contribution in [2.45, 2.75) is 39.3 Å². The van der Waals surface area contributed by atoms with Gasteiger partial charge in [-0.25, -0.2) is 4.39 Å². The molecule has 0 aliphatic heterocycles. The SMILES string of the molecule is COc1ccc(C(C)NCCCN(C)C(C)C)cc1F. The molecule has 0 spiro atoms. The lowest BCUT2D eigenvalue weighted by Gasteiger charge is -2.21. The van der Waals surface area contributed by atoms with Crippen molar-refractivity contribution in [1.82, 2.24) is 10.2 Å². The molecule has 3 nitrogen and oxygen atoms in total. The highest BCUT2D eigenvalue weighted by atomic mass is 19.1. The highest BCUT2D eigenvalue weighted by Crippen LogP contribution is 2.21. The maximum absolute atomic E-state index is 13.6. The molecule has 1 atom stereocenters. The lowest BCUT2D eigenvalue weighted by Crippen LogP contribution is -2.30. The standard InChI is InChI=1S/C16H27FN2O/c1-12(2)19(4)10-6-9-18-13(3)14-7-8-16(20-5)15(17)11-14/h7-8,11-13,18H,6,9-10H2,1-5H3. The third-order valence-corrected chi connectivity index (χ3v) is 3.70. The van der Waals surface area contributed by atoms with Crippen molar-refractivity contribution in [1.29, 1.82) is 0 Å². The smallest absolute Gasteiger partial charge is 0.165 e. The van der Waals surface area contributed by atoms with Crippen LogP contribution in [0.5, 0.6) is 5.75 Å². The summed E-state index contributed by atoms with van der Waals surface area (Å²) in [7, 11) is 3.61. The van der Waals surface area contributed by atoms with E-state index in [-0.39, 0.29) is 11.9 Å². The quantitative estimate of drug-likeness (QED) is 0.741. The van der Waals surface area contributed by atoms with E-state index in [1.165, 1.54) is 13.2 Å². The van der Waals surface area contributed by atoms with E-state index in [2.05, 4.69) is 31.1 Å². The Labute approximate surface area is 122 Å². The molecule has 20 heavy (non-hydrogen) atoms. The van der Waals surface area contributed by atoms with E-state index in [0.29, 0.717) is 11.8 Å². The van der Waals surface area contributed by atoms with E-state index in [4.69, 9.17) is 4.74 Å². The molecule has 0 radical (unpaired) electrons. The van der Waals surface area contributed by atoms with Crippen LogP contribution in [0.3, 0.4) is 0 Å². The first-order chi connectivity index (χ1) is 9.45.